The number of hydrogen-bond donors (Lipinski definition) is 0. The first-order valence-corrected chi connectivity index (χ1v) is 7.25. The Balaban J connectivity index is 2.04. The number of pyridine rings is 1. The summed E-state index contributed by atoms with van der Waals surface area (Å²) in [7, 11) is 0. The van der Waals surface area contributed by atoms with Crippen LogP contribution in [-0.4, -0.2) is 29.4 Å². The molecule has 6 heteroatoms. The number of carbonyl (C=O) groups excluding carboxylic acids is 2. The van der Waals surface area contributed by atoms with Gasteiger partial charge >= 0.3 is 11.9 Å². The van der Waals surface area contributed by atoms with Gasteiger partial charge in [0.25, 0.3) is 5.82 Å². The highest BCUT2D eigenvalue weighted by atomic mass is 16.5. The Kier molecular flexibility index (Phi) is 3.11. The minimum Gasteiger partial charge on any atom is -0.711 e. The summed E-state index contributed by atoms with van der Waals surface area (Å²) >= 11 is 0. The zero-order chi connectivity index (χ0) is 15.3. The van der Waals surface area contributed by atoms with Gasteiger partial charge in [0, 0.05) is 12.1 Å². The number of rotatable bonds is 1. The van der Waals surface area contributed by atoms with E-state index in [1.807, 2.05) is 13.0 Å². The number of nitrogens with zero attached hydrogens (tertiary/aromatic N) is 3. The van der Waals surface area contributed by atoms with Crippen LogP contribution in [0.3, 0.4) is 0 Å². The quantitative estimate of drug-likeness (QED) is 0.447. The van der Waals surface area contributed by atoms with E-state index in [4.69, 9.17) is 0 Å². The number of carbonyl (C=O) groups is 2. The first-order valence-electron chi connectivity index (χ1n) is 7.25. The van der Waals surface area contributed by atoms with E-state index in [1.165, 1.54) is 6.20 Å². The van der Waals surface area contributed by atoms with Crippen LogP contribution in [0, 0.1) is 25.0 Å². The van der Waals surface area contributed by atoms with Crippen molar-refractivity contribution in [1.29, 1.82) is 0 Å². The Labute approximate surface area is 123 Å². The van der Waals surface area contributed by atoms with Crippen LogP contribution in [0.2, 0.25) is 0 Å². The van der Waals surface area contributed by atoms with E-state index >= 15 is 0 Å². The molecule has 0 aromatic carbocycles. The molecular weight excluding hydrogens is 270 g/mol. The molecule has 2 saturated heterocycles. The van der Waals surface area contributed by atoms with Crippen LogP contribution in [0.4, 0.5) is 10.6 Å². The van der Waals surface area contributed by atoms with E-state index in [9.17, 15) is 14.8 Å². The zero-order valence-corrected chi connectivity index (χ0v) is 12.5. The average molecular weight is 289 g/mol. The lowest BCUT2D eigenvalue weighted by Gasteiger charge is -2.28. The van der Waals surface area contributed by atoms with E-state index in [-0.39, 0.29) is 17.8 Å². The number of imide groups is 1. The van der Waals surface area contributed by atoms with Crippen molar-refractivity contribution < 1.29 is 14.3 Å². The van der Waals surface area contributed by atoms with Gasteiger partial charge in [-0.05, 0) is 44.2 Å². The molecule has 0 radical (unpaired) electrons. The van der Waals surface area contributed by atoms with Gasteiger partial charge in [0.05, 0.1) is 6.20 Å². The SMILES string of the molecule is Cc1cc(C)c(N2C(=O)C3CC(C)CCN3C2=O)[n+]([O-])c1. The van der Waals surface area contributed by atoms with Crippen molar-refractivity contribution in [3.05, 3.63) is 28.6 Å². The van der Waals surface area contributed by atoms with Gasteiger partial charge in [0.1, 0.15) is 6.04 Å². The number of fused-ring (bicyclic) bond motifs is 1. The molecule has 2 aliphatic heterocycles. The van der Waals surface area contributed by atoms with Gasteiger partial charge in [-0.15, -0.1) is 4.90 Å². The van der Waals surface area contributed by atoms with Crippen LogP contribution in [0.5, 0.6) is 0 Å². The maximum atomic E-state index is 12.6. The van der Waals surface area contributed by atoms with Crippen molar-refractivity contribution in [3.63, 3.8) is 0 Å². The van der Waals surface area contributed by atoms with Crippen LogP contribution < -0.4 is 9.63 Å². The Hall–Kier alpha value is -2.11. The molecule has 112 valence electrons. The first-order chi connectivity index (χ1) is 9.90. The molecule has 0 saturated carbocycles. The van der Waals surface area contributed by atoms with Gasteiger partial charge in [0.2, 0.25) is 0 Å². The second kappa shape index (κ2) is 4.72. The minimum atomic E-state index is -0.415. The van der Waals surface area contributed by atoms with Crippen molar-refractivity contribution in [2.45, 2.75) is 39.7 Å². The van der Waals surface area contributed by atoms with Gasteiger partial charge in [-0.1, -0.05) is 6.92 Å². The molecule has 0 aliphatic carbocycles. The third-order valence-corrected chi connectivity index (χ3v) is 4.35. The molecule has 1 aromatic rings. The highest BCUT2D eigenvalue weighted by Crippen LogP contribution is 2.32. The molecule has 0 N–H and O–H groups in total. The number of urea groups is 1. The summed E-state index contributed by atoms with van der Waals surface area (Å²) in [6.45, 7) is 6.22. The van der Waals surface area contributed by atoms with Crippen molar-refractivity contribution >= 4 is 17.8 Å². The molecule has 21 heavy (non-hydrogen) atoms. The molecule has 3 amide bonds. The summed E-state index contributed by atoms with van der Waals surface area (Å²) in [5.74, 6) is 0.280. The van der Waals surface area contributed by atoms with Crippen LogP contribution in [0.1, 0.15) is 30.9 Å². The standard InChI is InChI=1S/C15H19N3O3/c1-9-4-5-16-12(7-9)14(19)18(15(16)20)13-11(3)6-10(2)8-17(13)21/h6,8-9,12H,4-5,7H2,1-3H3. The van der Waals surface area contributed by atoms with Crippen molar-refractivity contribution in [3.8, 4) is 0 Å². The van der Waals surface area contributed by atoms with Crippen LogP contribution in [0.25, 0.3) is 0 Å². The lowest BCUT2D eigenvalue weighted by molar-refractivity contribution is -0.592. The summed E-state index contributed by atoms with van der Waals surface area (Å²) in [5, 5.41) is 12.2. The van der Waals surface area contributed by atoms with E-state index < -0.39 is 6.04 Å². The largest absolute Gasteiger partial charge is 0.711 e. The fraction of sp³-hybridized carbons (Fsp3) is 0.533. The predicted molar refractivity (Wildman–Crippen MR) is 76.7 cm³/mol. The Morgan fingerprint density at radius 1 is 1.33 bits per heavy atom. The maximum absolute atomic E-state index is 12.6. The summed E-state index contributed by atoms with van der Waals surface area (Å²) in [6.07, 6.45) is 2.96. The Morgan fingerprint density at radius 3 is 2.71 bits per heavy atom. The van der Waals surface area contributed by atoms with Gasteiger partial charge in [-0.3, -0.25) is 4.90 Å². The molecule has 0 spiro atoms. The highest BCUT2D eigenvalue weighted by molar-refractivity contribution is 6.20. The molecule has 1 aromatic heterocycles. The highest BCUT2D eigenvalue weighted by Gasteiger charge is 2.54. The second-order valence-corrected chi connectivity index (χ2v) is 6.14. The fourth-order valence-electron chi connectivity index (χ4n) is 3.31. The Bertz CT molecular complexity index is 606. The second-order valence-electron chi connectivity index (χ2n) is 6.14. The molecule has 3 rings (SSSR count). The average Bonchev–Trinajstić information content (AvgIpc) is 2.62. The number of aromatic nitrogens is 1. The zero-order valence-electron chi connectivity index (χ0n) is 12.5. The van der Waals surface area contributed by atoms with Crippen LogP contribution in [0.15, 0.2) is 12.3 Å². The molecule has 2 fully saturated rings. The fourth-order valence-corrected chi connectivity index (χ4v) is 3.31. The smallest absolute Gasteiger partial charge is 0.419 e. The molecule has 3 heterocycles. The third-order valence-electron chi connectivity index (χ3n) is 4.35. The lowest BCUT2D eigenvalue weighted by atomic mass is 9.93. The lowest BCUT2D eigenvalue weighted by Crippen LogP contribution is -2.43. The van der Waals surface area contributed by atoms with Crippen molar-refractivity contribution in [1.82, 2.24) is 4.90 Å². The molecule has 0 bridgehead atoms. The molecular formula is C15H19N3O3. The van der Waals surface area contributed by atoms with Gasteiger partial charge in [-0.2, -0.15) is 0 Å². The van der Waals surface area contributed by atoms with E-state index in [2.05, 4.69) is 6.92 Å². The van der Waals surface area contributed by atoms with E-state index in [0.717, 1.165) is 16.9 Å². The van der Waals surface area contributed by atoms with Crippen molar-refractivity contribution in [2.75, 3.05) is 11.4 Å². The first kappa shape index (κ1) is 13.9. The summed E-state index contributed by atoms with van der Waals surface area (Å²) in [4.78, 5) is 27.8. The third kappa shape index (κ3) is 2.05. The summed E-state index contributed by atoms with van der Waals surface area (Å²) < 4.78 is 0.627. The van der Waals surface area contributed by atoms with Gasteiger partial charge in [0.15, 0.2) is 0 Å². The van der Waals surface area contributed by atoms with Gasteiger partial charge < -0.3 is 5.21 Å². The summed E-state index contributed by atoms with van der Waals surface area (Å²) in [5.41, 5.74) is 1.44. The monoisotopic (exact) mass is 289 g/mol. The number of hydrogen-bond acceptors (Lipinski definition) is 3. The predicted octanol–water partition coefficient (Wildman–Crippen LogP) is 1.50. The minimum absolute atomic E-state index is 0.137. The van der Waals surface area contributed by atoms with Gasteiger partial charge in [-0.25, -0.2) is 14.3 Å². The van der Waals surface area contributed by atoms with E-state index in [1.54, 1.807) is 11.8 Å². The maximum Gasteiger partial charge on any atom is 0.419 e. The van der Waals surface area contributed by atoms with Crippen LogP contribution >= 0.6 is 0 Å². The van der Waals surface area contributed by atoms with E-state index in [0.29, 0.717) is 29.2 Å². The summed E-state index contributed by atoms with van der Waals surface area (Å²) in [6, 6.07) is 1.03. The Morgan fingerprint density at radius 2 is 2.05 bits per heavy atom. The van der Waals surface area contributed by atoms with Crippen LogP contribution in [-0.2, 0) is 4.79 Å². The number of aryl methyl sites for hydroxylation is 2. The number of amides is 3. The topological polar surface area (TPSA) is 67.6 Å². The number of piperidine rings is 1. The number of anilines is 1. The van der Waals surface area contributed by atoms with Crippen molar-refractivity contribution in [2.24, 2.45) is 5.92 Å². The molecule has 2 atom stereocenters. The normalized spacial score (nSPS) is 25.5. The molecule has 2 unspecified atom stereocenters. The molecule has 2 aliphatic rings. The molecule has 6 nitrogen and oxygen atoms in total.